The lowest BCUT2D eigenvalue weighted by Crippen LogP contribution is -2.48. The van der Waals surface area contributed by atoms with E-state index in [4.69, 9.17) is 0 Å². The van der Waals surface area contributed by atoms with Crippen molar-refractivity contribution in [2.24, 2.45) is 0 Å². The number of sulfonamides is 1. The number of para-hydroxylation sites is 1. The zero-order valence-electron chi connectivity index (χ0n) is 14.7. The van der Waals surface area contributed by atoms with Crippen molar-refractivity contribution < 1.29 is 12.8 Å². The number of nitrogens with one attached hydrogen (secondary N) is 2. The maximum absolute atomic E-state index is 14.0. The summed E-state index contributed by atoms with van der Waals surface area (Å²) >= 11 is 0. The fourth-order valence-electron chi connectivity index (χ4n) is 3.33. The van der Waals surface area contributed by atoms with E-state index in [1.54, 1.807) is 23.1 Å². The maximum Gasteiger partial charge on any atom is 0.326 e. The highest BCUT2D eigenvalue weighted by molar-refractivity contribution is 7.89. The van der Waals surface area contributed by atoms with Gasteiger partial charge in [0.25, 0.3) is 5.56 Å². The molecule has 4 rings (SSSR count). The van der Waals surface area contributed by atoms with Gasteiger partial charge in [0.1, 0.15) is 5.82 Å². The van der Waals surface area contributed by atoms with Gasteiger partial charge in [-0.25, -0.2) is 17.6 Å². The number of fused-ring (bicyclic) bond motifs is 1. The quantitative estimate of drug-likeness (QED) is 0.674. The lowest BCUT2D eigenvalue weighted by atomic mass is 10.2. The molecule has 0 radical (unpaired) electrons. The number of aromatic nitrogens is 2. The Labute approximate surface area is 159 Å². The van der Waals surface area contributed by atoms with Gasteiger partial charge in [0.05, 0.1) is 21.5 Å². The summed E-state index contributed by atoms with van der Waals surface area (Å²) in [4.78, 5) is 29.6. The number of aromatic amines is 2. The maximum atomic E-state index is 14.0. The Bertz CT molecular complexity index is 1260. The summed E-state index contributed by atoms with van der Waals surface area (Å²) in [5.41, 5.74) is -0.602. The van der Waals surface area contributed by atoms with Crippen molar-refractivity contribution in [3.8, 4) is 0 Å². The first-order chi connectivity index (χ1) is 13.4. The van der Waals surface area contributed by atoms with Crippen LogP contribution in [0.15, 0.2) is 56.9 Å². The lowest BCUT2D eigenvalue weighted by molar-refractivity contribution is 0.383. The summed E-state index contributed by atoms with van der Waals surface area (Å²) < 4.78 is 41.2. The Hall–Kier alpha value is -2.98. The minimum atomic E-state index is -3.83. The van der Waals surface area contributed by atoms with E-state index in [9.17, 15) is 22.4 Å². The van der Waals surface area contributed by atoms with Gasteiger partial charge in [-0.1, -0.05) is 12.1 Å². The highest BCUT2D eigenvalue weighted by Crippen LogP contribution is 2.24. The fraction of sp³-hybridized carbons (Fsp3) is 0.222. The first kappa shape index (κ1) is 18.4. The van der Waals surface area contributed by atoms with Crippen molar-refractivity contribution in [3.63, 3.8) is 0 Å². The molecule has 10 heteroatoms. The van der Waals surface area contributed by atoms with E-state index in [0.29, 0.717) is 18.8 Å². The molecule has 2 aromatic carbocycles. The van der Waals surface area contributed by atoms with Gasteiger partial charge in [-0.2, -0.15) is 4.31 Å². The number of anilines is 1. The van der Waals surface area contributed by atoms with E-state index >= 15 is 0 Å². The summed E-state index contributed by atoms with van der Waals surface area (Å²) in [5.74, 6) is -0.346. The number of rotatable bonds is 3. The van der Waals surface area contributed by atoms with Crippen LogP contribution < -0.4 is 16.1 Å². The fourth-order valence-corrected chi connectivity index (χ4v) is 4.78. The van der Waals surface area contributed by atoms with Gasteiger partial charge in [-0.15, -0.1) is 0 Å². The van der Waals surface area contributed by atoms with E-state index in [2.05, 4.69) is 9.97 Å². The Morgan fingerprint density at radius 2 is 1.64 bits per heavy atom. The van der Waals surface area contributed by atoms with Gasteiger partial charge in [-0.05, 0) is 30.3 Å². The van der Waals surface area contributed by atoms with E-state index < -0.39 is 21.3 Å². The van der Waals surface area contributed by atoms with Crippen LogP contribution in [0.2, 0.25) is 0 Å². The van der Waals surface area contributed by atoms with E-state index in [-0.39, 0.29) is 34.7 Å². The van der Waals surface area contributed by atoms with Gasteiger partial charge < -0.3 is 9.88 Å². The minimum Gasteiger partial charge on any atom is -0.367 e. The van der Waals surface area contributed by atoms with Crippen molar-refractivity contribution in [3.05, 3.63) is 69.1 Å². The predicted molar refractivity (Wildman–Crippen MR) is 103 cm³/mol. The lowest BCUT2D eigenvalue weighted by Gasteiger charge is -2.35. The van der Waals surface area contributed by atoms with E-state index in [1.165, 1.54) is 28.6 Å². The van der Waals surface area contributed by atoms with Crippen LogP contribution in [0.4, 0.5) is 10.1 Å². The molecule has 2 heterocycles. The molecule has 3 aromatic rings. The molecule has 28 heavy (non-hydrogen) atoms. The topological polar surface area (TPSA) is 106 Å². The van der Waals surface area contributed by atoms with Crippen molar-refractivity contribution in [1.29, 1.82) is 0 Å². The number of halogens is 1. The Balaban J connectivity index is 1.60. The van der Waals surface area contributed by atoms with Crippen LogP contribution in [-0.2, 0) is 10.0 Å². The number of benzene rings is 2. The number of hydrogen-bond donors (Lipinski definition) is 2. The summed E-state index contributed by atoms with van der Waals surface area (Å²) in [6.45, 7) is 1.08. The number of piperazine rings is 1. The van der Waals surface area contributed by atoms with Crippen molar-refractivity contribution >= 4 is 26.6 Å². The molecule has 0 unspecified atom stereocenters. The van der Waals surface area contributed by atoms with E-state index in [1.807, 2.05) is 0 Å². The third-order valence-electron chi connectivity index (χ3n) is 4.78. The second kappa shape index (κ2) is 6.88. The van der Waals surface area contributed by atoms with Gasteiger partial charge in [-0.3, -0.25) is 9.78 Å². The van der Waals surface area contributed by atoms with Gasteiger partial charge in [0, 0.05) is 26.2 Å². The largest absolute Gasteiger partial charge is 0.367 e. The highest BCUT2D eigenvalue weighted by atomic mass is 32.2. The van der Waals surface area contributed by atoms with Gasteiger partial charge in [0.15, 0.2) is 0 Å². The zero-order chi connectivity index (χ0) is 19.9. The predicted octanol–water partition coefficient (Wildman–Crippen LogP) is 0.866. The normalized spacial score (nSPS) is 15.8. The Kier molecular flexibility index (Phi) is 4.52. The monoisotopic (exact) mass is 404 g/mol. The molecule has 0 spiro atoms. The van der Waals surface area contributed by atoms with E-state index in [0.717, 1.165) is 0 Å². The first-order valence-corrected chi connectivity index (χ1v) is 10.1. The third kappa shape index (κ3) is 3.20. The summed E-state index contributed by atoms with van der Waals surface area (Å²) in [5, 5.41) is 0.0886. The second-order valence-corrected chi connectivity index (χ2v) is 8.40. The molecule has 146 valence electrons. The molecule has 1 aromatic heterocycles. The van der Waals surface area contributed by atoms with Crippen LogP contribution in [0, 0.1) is 5.82 Å². The smallest absolute Gasteiger partial charge is 0.326 e. The molecular weight excluding hydrogens is 387 g/mol. The zero-order valence-corrected chi connectivity index (χ0v) is 15.5. The molecule has 0 atom stereocenters. The molecule has 1 aliphatic heterocycles. The summed E-state index contributed by atoms with van der Waals surface area (Å²) in [6, 6.07) is 10.4. The van der Waals surface area contributed by atoms with Gasteiger partial charge in [0.2, 0.25) is 10.0 Å². The molecule has 8 nitrogen and oxygen atoms in total. The van der Waals surface area contributed by atoms with Crippen LogP contribution in [-0.4, -0.2) is 48.9 Å². The van der Waals surface area contributed by atoms with Crippen molar-refractivity contribution in [1.82, 2.24) is 14.3 Å². The van der Waals surface area contributed by atoms with Crippen LogP contribution >= 0.6 is 0 Å². The Morgan fingerprint density at radius 1 is 0.929 bits per heavy atom. The van der Waals surface area contributed by atoms with Crippen molar-refractivity contribution in [2.45, 2.75) is 4.90 Å². The molecule has 0 aliphatic carbocycles. The molecule has 1 saturated heterocycles. The van der Waals surface area contributed by atoms with Crippen molar-refractivity contribution in [2.75, 3.05) is 31.1 Å². The number of H-pyrrole nitrogens is 2. The van der Waals surface area contributed by atoms with Crippen LogP contribution in [0.5, 0.6) is 0 Å². The average molecular weight is 404 g/mol. The number of nitrogens with zero attached hydrogens (tertiary/aromatic N) is 2. The third-order valence-corrected chi connectivity index (χ3v) is 6.68. The second-order valence-electron chi connectivity index (χ2n) is 6.46. The van der Waals surface area contributed by atoms with Crippen LogP contribution in [0.1, 0.15) is 0 Å². The van der Waals surface area contributed by atoms with Gasteiger partial charge >= 0.3 is 5.69 Å². The van der Waals surface area contributed by atoms with Crippen LogP contribution in [0.25, 0.3) is 10.9 Å². The molecule has 1 aliphatic rings. The average Bonchev–Trinajstić information content (AvgIpc) is 2.68. The molecule has 2 N–H and O–H groups in total. The highest BCUT2D eigenvalue weighted by Gasteiger charge is 2.29. The first-order valence-electron chi connectivity index (χ1n) is 8.62. The number of hydrogen-bond acceptors (Lipinski definition) is 5. The molecule has 1 fully saturated rings. The Morgan fingerprint density at radius 3 is 2.36 bits per heavy atom. The molecule has 0 amide bonds. The molecular formula is C18H17FN4O4S. The summed E-state index contributed by atoms with van der Waals surface area (Å²) in [6.07, 6.45) is 0. The standard InChI is InChI=1S/C18H17FN4O4S/c19-14-3-1-2-4-16(14)22-7-9-23(10-8-22)28(26,27)12-5-6-15-13(11-12)17(24)21-18(25)20-15/h1-6,11H,7-10H2,(H2,20,21,24,25). The molecule has 0 bridgehead atoms. The van der Waals surface area contributed by atoms with Crippen LogP contribution in [0.3, 0.4) is 0 Å². The minimum absolute atomic E-state index is 0.0307. The molecule has 0 saturated carbocycles. The summed E-state index contributed by atoms with van der Waals surface area (Å²) in [7, 11) is -3.83. The SMILES string of the molecule is O=c1[nH]c(=O)c2cc(S(=O)(=O)N3CCN(c4ccccc4F)CC3)ccc2[nH]1.